The van der Waals surface area contributed by atoms with Gasteiger partial charge in [0.25, 0.3) is 5.91 Å². The van der Waals surface area contributed by atoms with Gasteiger partial charge in [0.1, 0.15) is 5.75 Å². The highest BCUT2D eigenvalue weighted by molar-refractivity contribution is 5.97. The van der Waals surface area contributed by atoms with Crippen molar-refractivity contribution in [3.63, 3.8) is 0 Å². The van der Waals surface area contributed by atoms with Gasteiger partial charge in [0, 0.05) is 16.5 Å². The number of nitrogens with one attached hydrogen (secondary N) is 1. The largest absolute Gasteiger partial charge is 0.507 e. The summed E-state index contributed by atoms with van der Waals surface area (Å²) in [6.07, 6.45) is 1.99. The van der Waals surface area contributed by atoms with Crippen LogP contribution >= 0.6 is 0 Å². The molecule has 0 bridgehead atoms. The zero-order chi connectivity index (χ0) is 21.4. The predicted octanol–water partition coefficient (Wildman–Crippen LogP) is 5.60. The van der Waals surface area contributed by atoms with Gasteiger partial charge in [0.2, 0.25) is 0 Å². The van der Waals surface area contributed by atoms with Gasteiger partial charge in [-0.25, -0.2) is 5.01 Å². The van der Waals surface area contributed by atoms with Gasteiger partial charge in [-0.05, 0) is 42.1 Å². The van der Waals surface area contributed by atoms with Crippen LogP contribution in [0.25, 0.3) is 16.5 Å². The molecule has 1 amide bonds. The number of rotatable bonds is 3. The molecular weight excluding hydrogens is 384 g/mol. The average Bonchev–Trinajstić information content (AvgIpc) is 3.25. The van der Waals surface area contributed by atoms with Crippen molar-refractivity contribution in [3.8, 4) is 5.75 Å². The molecule has 1 atom stereocenters. The monoisotopic (exact) mass is 406 g/mol. The topological polar surface area (TPSA) is 52.6 Å². The van der Waals surface area contributed by atoms with E-state index >= 15 is 0 Å². The number of phenols is 1. The molecule has 31 heavy (non-hydrogen) atoms. The number of aromatic hydroxyl groups is 1. The minimum Gasteiger partial charge on any atom is -0.507 e. The molecule has 4 aromatic carbocycles. The van der Waals surface area contributed by atoms with E-state index < -0.39 is 0 Å². The van der Waals surface area contributed by atoms with Gasteiger partial charge in [-0.1, -0.05) is 78.4 Å². The maximum Gasteiger partial charge on any atom is 0.273 e. The van der Waals surface area contributed by atoms with E-state index in [9.17, 15) is 9.90 Å². The summed E-state index contributed by atoms with van der Waals surface area (Å²) < 4.78 is 0. The van der Waals surface area contributed by atoms with Crippen LogP contribution in [0.2, 0.25) is 0 Å². The number of benzene rings is 4. The van der Waals surface area contributed by atoms with Gasteiger partial charge in [-0.15, -0.1) is 0 Å². The second kappa shape index (κ2) is 7.65. The first-order valence-electron chi connectivity index (χ1n) is 10.3. The smallest absolute Gasteiger partial charge is 0.273 e. The van der Waals surface area contributed by atoms with Crippen LogP contribution in [0, 0.1) is 6.92 Å². The number of aryl methyl sites for hydroxylation is 1. The third-order valence-electron chi connectivity index (χ3n) is 5.69. The lowest BCUT2D eigenvalue weighted by molar-refractivity contribution is 0.0672. The SMILES string of the molecule is Cc1ccc(C(=O)N2NC(c3ccc4ccccc4c3O)=C[C@H]2c2ccccc2)cc1. The normalized spacial score (nSPS) is 15.6. The van der Waals surface area contributed by atoms with Crippen molar-refractivity contribution < 1.29 is 9.90 Å². The minimum atomic E-state index is -0.295. The van der Waals surface area contributed by atoms with Crippen molar-refractivity contribution in [3.05, 3.63) is 119 Å². The molecule has 0 aromatic heterocycles. The Labute approximate surface area is 181 Å². The number of hydrogen-bond acceptors (Lipinski definition) is 3. The molecular formula is C27H22N2O2. The molecule has 4 heteroatoms. The van der Waals surface area contributed by atoms with Gasteiger partial charge in [-0.2, -0.15) is 0 Å². The maximum absolute atomic E-state index is 13.4. The molecule has 0 aliphatic carbocycles. The fourth-order valence-corrected chi connectivity index (χ4v) is 4.00. The van der Waals surface area contributed by atoms with Crippen LogP contribution in [-0.2, 0) is 0 Å². The number of carbonyl (C=O) groups excluding carboxylic acids is 1. The molecule has 0 radical (unpaired) electrons. The highest BCUT2D eigenvalue weighted by Crippen LogP contribution is 2.38. The second-order valence-corrected chi connectivity index (χ2v) is 7.77. The summed E-state index contributed by atoms with van der Waals surface area (Å²) in [5.74, 6) is 0.0775. The number of amides is 1. The van der Waals surface area contributed by atoms with E-state index in [1.807, 2.05) is 104 Å². The molecule has 1 heterocycles. The molecule has 4 nitrogen and oxygen atoms in total. The second-order valence-electron chi connectivity index (χ2n) is 7.77. The predicted molar refractivity (Wildman–Crippen MR) is 123 cm³/mol. The lowest BCUT2D eigenvalue weighted by Crippen LogP contribution is -2.39. The number of hydrogen-bond donors (Lipinski definition) is 2. The van der Waals surface area contributed by atoms with Gasteiger partial charge >= 0.3 is 0 Å². The molecule has 0 spiro atoms. The molecule has 0 unspecified atom stereocenters. The maximum atomic E-state index is 13.4. The van der Waals surface area contributed by atoms with Gasteiger partial charge < -0.3 is 5.11 Å². The highest BCUT2D eigenvalue weighted by atomic mass is 16.3. The van der Waals surface area contributed by atoms with Crippen LogP contribution in [0.4, 0.5) is 0 Å². The van der Waals surface area contributed by atoms with E-state index in [4.69, 9.17) is 0 Å². The fraction of sp³-hybridized carbons (Fsp3) is 0.0741. The van der Waals surface area contributed by atoms with Crippen LogP contribution in [0.5, 0.6) is 5.75 Å². The summed E-state index contributed by atoms with van der Waals surface area (Å²) in [5.41, 5.74) is 7.33. The van der Waals surface area contributed by atoms with E-state index in [1.54, 1.807) is 5.01 Å². The minimum absolute atomic E-state index is 0.125. The van der Waals surface area contributed by atoms with Gasteiger partial charge in [0.15, 0.2) is 0 Å². The summed E-state index contributed by atoms with van der Waals surface area (Å²) in [7, 11) is 0. The first-order valence-corrected chi connectivity index (χ1v) is 10.3. The number of carbonyl (C=O) groups is 1. The van der Waals surface area contributed by atoms with Crippen LogP contribution in [-0.4, -0.2) is 16.0 Å². The molecule has 0 saturated heterocycles. The van der Waals surface area contributed by atoms with E-state index in [0.717, 1.165) is 21.9 Å². The lowest BCUT2D eigenvalue weighted by atomic mass is 10.0. The molecule has 1 aliphatic rings. The van der Waals surface area contributed by atoms with Crippen molar-refractivity contribution in [1.82, 2.24) is 10.4 Å². The van der Waals surface area contributed by atoms with Crippen LogP contribution in [0.1, 0.15) is 33.1 Å². The van der Waals surface area contributed by atoms with Crippen LogP contribution in [0.15, 0.2) is 97.1 Å². The molecule has 5 rings (SSSR count). The Bertz CT molecular complexity index is 1290. The van der Waals surface area contributed by atoms with Crippen molar-refractivity contribution in [1.29, 1.82) is 0 Å². The highest BCUT2D eigenvalue weighted by Gasteiger charge is 2.32. The number of hydrazine groups is 1. The molecule has 0 saturated carbocycles. The van der Waals surface area contributed by atoms with Crippen molar-refractivity contribution in [2.24, 2.45) is 0 Å². The summed E-state index contributed by atoms with van der Waals surface area (Å²) in [4.78, 5) is 13.4. The van der Waals surface area contributed by atoms with E-state index in [2.05, 4.69) is 5.43 Å². The first-order chi connectivity index (χ1) is 15.1. The molecule has 0 fully saturated rings. The molecule has 4 aromatic rings. The Hall–Kier alpha value is -4.05. The number of nitrogens with zero attached hydrogens (tertiary/aromatic N) is 1. The Morgan fingerprint density at radius 3 is 2.35 bits per heavy atom. The lowest BCUT2D eigenvalue weighted by Gasteiger charge is -2.26. The van der Waals surface area contributed by atoms with E-state index in [1.165, 1.54) is 0 Å². The molecule has 1 aliphatic heterocycles. The van der Waals surface area contributed by atoms with E-state index in [-0.39, 0.29) is 17.7 Å². The number of fused-ring (bicyclic) bond motifs is 1. The van der Waals surface area contributed by atoms with E-state index in [0.29, 0.717) is 16.8 Å². The van der Waals surface area contributed by atoms with Crippen molar-refractivity contribution >= 4 is 22.4 Å². The molecule has 152 valence electrons. The van der Waals surface area contributed by atoms with Gasteiger partial charge in [0.05, 0.1) is 11.7 Å². The summed E-state index contributed by atoms with van der Waals surface area (Å²) in [6.45, 7) is 2.00. The summed E-state index contributed by atoms with van der Waals surface area (Å²) in [5, 5.41) is 14.3. The van der Waals surface area contributed by atoms with Crippen molar-refractivity contribution in [2.75, 3.05) is 0 Å². The first kappa shape index (κ1) is 18.9. The van der Waals surface area contributed by atoms with Crippen LogP contribution in [0.3, 0.4) is 0 Å². The molecule has 2 N–H and O–H groups in total. The zero-order valence-corrected chi connectivity index (χ0v) is 17.1. The quantitative estimate of drug-likeness (QED) is 0.466. The van der Waals surface area contributed by atoms with Crippen LogP contribution < -0.4 is 5.43 Å². The third-order valence-corrected chi connectivity index (χ3v) is 5.69. The Morgan fingerprint density at radius 1 is 0.871 bits per heavy atom. The standard InChI is InChI=1S/C27H22N2O2/c1-18-11-13-21(14-12-18)27(31)29-25(20-8-3-2-4-9-20)17-24(28-29)23-16-15-19-7-5-6-10-22(19)26(23)30/h2-17,25,28,30H,1H3/t25-/m0/s1. The van der Waals surface area contributed by atoms with Gasteiger partial charge in [-0.3, -0.25) is 10.2 Å². The third kappa shape index (κ3) is 3.42. The zero-order valence-electron chi connectivity index (χ0n) is 17.1. The fourth-order valence-electron chi connectivity index (χ4n) is 4.00. The average molecular weight is 406 g/mol. The Kier molecular flexibility index (Phi) is 4.68. The number of phenolic OH excluding ortho intramolecular Hbond substituents is 1. The summed E-state index contributed by atoms with van der Waals surface area (Å²) >= 11 is 0. The van der Waals surface area contributed by atoms with Crippen molar-refractivity contribution in [2.45, 2.75) is 13.0 Å². The summed E-state index contributed by atoms with van der Waals surface area (Å²) in [6, 6.07) is 28.7. The Balaban J connectivity index is 1.57. The Morgan fingerprint density at radius 2 is 1.58 bits per heavy atom.